The molecule has 1 aliphatic heterocycles. The van der Waals surface area contributed by atoms with Crippen LogP contribution in [0, 0.1) is 6.92 Å². The van der Waals surface area contributed by atoms with E-state index in [4.69, 9.17) is 4.98 Å². The molecule has 2 aromatic heterocycles. The van der Waals surface area contributed by atoms with Gasteiger partial charge in [-0.15, -0.1) is 0 Å². The zero-order valence-electron chi connectivity index (χ0n) is 10.9. The summed E-state index contributed by atoms with van der Waals surface area (Å²) in [6, 6.07) is 8.37. The average Bonchev–Trinajstić information content (AvgIpc) is 3.01. The van der Waals surface area contributed by atoms with Crippen LogP contribution in [0.2, 0.25) is 0 Å². The summed E-state index contributed by atoms with van der Waals surface area (Å²) in [6.45, 7) is 4.23. The number of nitrogens with one attached hydrogen (secondary N) is 2. The Labute approximate surface area is 111 Å². The van der Waals surface area contributed by atoms with E-state index in [2.05, 4.69) is 52.3 Å². The molecule has 0 saturated carbocycles. The predicted molar refractivity (Wildman–Crippen MR) is 77.4 cm³/mol. The Morgan fingerprint density at radius 2 is 2.16 bits per heavy atom. The molecule has 1 aliphatic rings. The minimum atomic E-state index is 1.00. The monoisotopic (exact) mass is 252 g/mol. The van der Waals surface area contributed by atoms with Crippen LogP contribution in [0.1, 0.15) is 12.1 Å². The van der Waals surface area contributed by atoms with E-state index in [-0.39, 0.29) is 0 Å². The average molecular weight is 252 g/mol. The molecule has 0 radical (unpaired) electrons. The molecule has 1 aromatic carbocycles. The minimum absolute atomic E-state index is 1.00. The maximum absolute atomic E-state index is 4.77. The number of hydrogen-bond donors (Lipinski definition) is 2. The molecule has 0 spiro atoms. The van der Waals surface area contributed by atoms with Gasteiger partial charge >= 0.3 is 0 Å². The van der Waals surface area contributed by atoms with Crippen LogP contribution in [0.25, 0.3) is 22.2 Å². The lowest BCUT2D eigenvalue weighted by molar-refractivity contribution is 0.615. The van der Waals surface area contributed by atoms with Crippen LogP contribution in [-0.4, -0.2) is 21.1 Å². The number of imidazole rings is 1. The summed E-state index contributed by atoms with van der Waals surface area (Å²) >= 11 is 0. The first kappa shape index (κ1) is 10.7. The third-order valence-corrected chi connectivity index (χ3v) is 3.91. The van der Waals surface area contributed by atoms with Crippen molar-refractivity contribution in [2.45, 2.75) is 19.9 Å². The van der Waals surface area contributed by atoms with Crippen molar-refractivity contribution in [2.75, 3.05) is 11.9 Å². The number of aromatic amines is 1. The normalized spacial score (nSPS) is 14.4. The van der Waals surface area contributed by atoms with Crippen LogP contribution in [0.3, 0.4) is 0 Å². The zero-order valence-corrected chi connectivity index (χ0v) is 10.9. The number of H-pyrrole nitrogens is 1. The van der Waals surface area contributed by atoms with Crippen molar-refractivity contribution >= 4 is 16.9 Å². The quantitative estimate of drug-likeness (QED) is 0.698. The number of anilines is 1. The Bertz CT molecular complexity index is 751. The molecule has 4 rings (SSSR count). The second-order valence-electron chi connectivity index (χ2n) is 5.05. The molecule has 0 bridgehead atoms. The number of para-hydroxylation sites is 1. The van der Waals surface area contributed by atoms with Crippen LogP contribution in [-0.2, 0) is 6.54 Å². The molecule has 4 nitrogen and oxygen atoms in total. The lowest BCUT2D eigenvalue weighted by atomic mass is 10.1. The molecule has 0 unspecified atom stereocenters. The van der Waals surface area contributed by atoms with Gasteiger partial charge in [0.25, 0.3) is 0 Å². The maximum Gasteiger partial charge on any atom is 0.203 e. The van der Waals surface area contributed by atoms with Gasteiger partial charge in [-0.3, -0.25) is 0 Å². The van der Waals surface area contributed by atoms with Crippen molar-refractivity contribution in [3.63, 3.8) is 0 Å². The van der Waals surface area contributed by atoms with E-state index in [0.29, 0.717) is 0 Å². The summed E-state index contributed by atoms with van der Waals surface area (Å²) in [7, 11) is 0. The standard InChI is InChI=1S/C15H16N4/c1-10-14(18-15-16-7-4-8-19(10)15)12-9-17-13-6-3-2-5-11(12)13/h2-3,5-6,9,17H,4,7-8H2,1H3,(H,16,18). The Balaban J connectivity index is 1.95. The highest BCUT2D eigenvalue weighted by Crippen LogP contribution is 2.32. The number of aromatic nitrogens is 3. The fourth-order valence-corrected chi connectivity index (χ4v) is 2.90. The molecular formula is C15H16N4. The Kier molecular flexibility index (Phi) is 2.18. The molecule has 19 heavy (non-hydrogen) atoms. The number of benzene rings is 1. The maximum atomic E-state index is 4.77. The topological polar surface area (TPSA) is 45.6 Å². The van der Waals surface area contributed by atoms with Gasteiger partial charge in [-0.1, -0.05) is 18.2 Å². The van der Waals surface area contributed by atoms with Gasteiger partial charge in [-0.2, -0.15) is 0 Å². The minimum Gasteiger partial charge on any atom is -0.360 e. The summed E-state index contributed by atoms with van der Waals surface area (Å²) in [6.07, 6.45) is 3.23. The molecular weight excluding hydrogens is 236 g/mol. The number of nitrogens with zero attached hydrogens (tertiary/aromatic N) is 2. The van der Waals surface area contributed by atoms with Gasteiger partial charge in [0.05, 0.1) is 5.69 Å². The fraction of sp³-hybridized carbons (Fsp3) is 0.267. The molecule has 0 saturated heterocycles. The van der Waals surface area contributed by atoms with Crippen molar-refractivity contribution in [1.29, 1.82) is 0 Å². The van der Waals surface area contributed by atoms with Gasteiger partial charge in [0.1, 0.15) is 0 Å². The van der Waals surface area contributed by atoms with Crippen molar-refractivity contribution in [3.05, 3.63) is 36.2 Å². The van der Waals surface area contributed by atoms with E-state index in [0.717, 1.165) is 36.7 Å². The fourth-order valence-electron chi connectivity index (χ4n) is 2.90. The first-order valence-electron chi connectivity index (χ1n) is 6.72. The Hall–Kier alpha value is -2.23. The van der Waals surface area contributed by atoms with E-state index >= 15 is 0 Å². The van der Waals surface area contributed by atoms with E-state index in [9.17, 15) is 0 Å². The largest absolute Gasteiger partial charge is 0.360 e. The van der Waals surface area contributed by atoms with Gasteiger partial charge in [0.2, 0.25) is 5.95 Å². The van der Waals surface area contributed by atoms with E-state index in [1.165, 1.54) is 16.6 Å². The Morgan fingerprint density at radius 1 is 1.26 bits per heavy atom. The van der Waals surface area contributed by atoms with Gasteiger partial charge in [-0.25, -0.2) is 4.98 Å². The highest BCUT2D eigenvalue weighted by atomic mass is 15.2. The third-order valence-electron chi connectivity index (χ3n) is 3.91. The van der Waals surface area contributed by atoms with Gasteiger partial charge < -0.3 is 14.9 Å². The first-order chi connectivity index (χ1) is 9.34. The van der Waals surface area contributed by atoms with Gasteiger partial charge in [0, 0.05) is 41.4 Å². The van der Waals surface area contributed by atoms with Crippen LogP contribution >= 0.6 is 0 Å². The summed E-state index contributed by atoms with van der Waals surface area (Å²) < 4.78 is 2.28. The molecule has 0 aliphatic carbocycles. The number of rotatable bonds is 1. The van der Waals surface area contributed by atoms with Crippen molar-refractivity contribution in [1.82, 2.24) is 14.5 Å². The zero-order chi connectivity index (χ0) is 12.8. The third kappa shape index (κ3) is 1.49. The molecule has 0 amide bonds. The molecule has 3 heterocycles. The second-order valence-corrected chi connectivity index (χ2v) is 5.05. The molecule has 4 heteroatoms. The van der Waals surface area contributed by atoms with Gasteiger partial charge in [0.15, 0.2) is 0 Å². The SMILES string of the molecule is Cc1c(-c2c[nH]c3ccccc23)nc2n1CCCN2. The summed E-state index contributed by atoms with van der Waals surface area (Å²) in [5.41, 5.74) is 4.68. The lowest BCUT2D eigenvalue weighted by Crippen LogP contribution is -2.17. The molecule has 0 atom stereocenters. The first-order valence-corrected chi connectivity index (χ1v) is 6.72. The van der Waals surface area contributed by atoms with E-state index < -0.39 is 0 Å². The number of hydrogen-bond acceptors (Lipinski definition) is 2. The van der Waals surface area contributed by atoms with Crippen LogP contribution in [0.15, 0.2) is 30.5 Å². The van der Waals surface area contributed by atoms with E-state index in [1.807, 2.05) is 0 Å². The van der Waals surface area contributed by atoms with Crippen molar-refractivity contribution in [2.24, 2.45) is 0 Å². The highest BCUT2D eigenvalue weighted by molar-refractivity contribution is 5.95. The molecule has 0 fully saturated rings. The van der Waals surface area contributed by atoms with Crippen molar-refractivity contribution < 1.29 is 0 Å². The predicted octanol–water partition coefficient (Wildman–Crippen LogP) is 3.16. The number of fused-ring (bicyclic) bond motifs is 2. The molecule has 3 aromatic rings. The van der Waals surface area contributed by atoms with Crippen LogP contribution in [0.4, 0.5) is 5.95 Å². The van der Waals surface area contributed by atoms with E-state index in [1.54, 1.807) is 0 Å². The lowest BCUT2D eigenvalue weighted by Gasteiger charge is -2.16. The Morgan fingerprint density at radius 3 is 3.05 bits per heavy atom. The van der Waals surface area contributed by atoms with Crippen molar-refractivity contribution in [3.8, 4) is 11.3 Å². The molecule has 96 valence electrons. The smallest absolute Gasteiger partial charge is 0.203 e. The second kappa shape index (κ2) is 3.88. The summed E-state index contributed by atoms with van der Waals surface area (Å²) in [5.74, 6) is 1.00. The summed E-state index contributed by atoms with van der Waals surface area (Å²) in [4.78, 5) is 8.10. The van der Waals surface area contributed by atoms with Crippen LogP contribution in [0.5, 0.6) is 0 Å². The van der Waals surface area contributed by atoms with Crippen LogP contribution < -0.4 is 5.32 Å². The summed E-state index contributed by atoms with van der Waals surface area (Å²) in [5, 5.41) is 4.61. The van der Waals surface area contributed by atoms with Gasteiger partial charge in [-0.05, 0) is 19.4 Å². The highest BCUT2D eigenvalue weighted by Gasteiger charge is 2.19. The molecule has 2 N–H and O–H groups in total.